The summed E-state index contributed by atoms with van der Waals surface area (Å²) in [4.78, 5) is 16.2. The number of amides is 1. The average Bonchev–Trinajstić information content (AvgIpc) is 3.32. The summed E-state index contributed by atoms with van der Waals surface area (Å²) in [7, 11) is 1.74. The fraction of sp³-hybridized carbons (Fsp3) is 0.565. The predicted octanol–water partition coefficient (Wildman–Crippen LogP) is 4.10. The molecule has 2 aromatic rings. The molecule has 1 aliphatic heterocycles. The van der Waals surface area contributed by atoms with Gasteiger partial charge in [-0.2, -0.15) is 0 Å². The van der Waals surface area contributed by atoms with Gasteiger partial charge in [0.05, 0.1) is 6.10 Å². The molecule has 4 rings (SSSR count). The number of nitrogens with zero attached hydrogens (tertiary/aromatic N) is 3. The van der Waals surface area contributed by atoms with E-state index in [4.69, 9.17) is 9.26 Å². The van der Waals surface area contributed by atoms with E-state index in [1.165, 1.54) is 12.1 Å². The third kappa shape index (κ3) is 4.74. The van der Waals surface area contributed by atoms with Crippen molar-refractivity contribution in [3.05, 3.63) is 46.3 Å². The molecule has 0 bridgehead atoms. The normalized spacial score (nSPS) is 21.2. The Hall–Kier alpha value is -2.48. The summed E-state index contributed by atoms with van der Waals surface area (Å²) < 4.78 is 39.8. The van der Waals surface area contributed by atoms with Crippen molar-refractivity contribution in [2.45, 2.75) is 52.2 Å². The van der Waals surface area contributed by atoms with Crippen LogP contribution in [0.2, 0.25) is 0 Å². The Morgan fingerprint density at radius 2 is 1.87 bits per heavy atom. The average molecular weight is 433 g/mol. The maximum absolute atomic E-state index is 14.5. The Balaban J connectivity index is 1.27. The monoisotopic (exact) mass is 433 g/mol. The molecule has 2 aliphatic rings. The van der Waals surface area contributed by atoms with Crippen molar-refractivity contribution in [1.82, 2.24) is 15.0 Å². The second-order valence-corrected chi connectivity index (χ2v) is 8.82. The predicted molar refractivity (Wildman–Crippen MR) is 111 cm³/mol. The zero-order valence-electron chi connectivity index (χ0n) is 18.3. The third-order valence-electron chi connectivity index (χ3n) is 6.43. The maximum Gasteiger partial charge on any atom is 0.276 e. The highest BCUT2D eigenvalue weighted by Gasteiger charge is 2.33. The lowest BCUT2D eigenvalue weighted by molar-refractivity contribution is 0.0411. The van der Waals surface area contributed by atoms with E-state index in [1.54, 1.807) is 18.9 Å². The van der Waals surface area contributed by atoms with Crippen LogP contribution in [0, 0.1) is 31.4 Å². The summed E-state index contributed by atoms with van der Waals surface area (Å²) in [5, 5.41) is 3.85. The van der Waals surface area contributed by atoms with Crippen LogP contribution in [-0.4, -0.2) is 53.6 Å². The summed E-state index contributed by atoms with van der Waals surface area (Å²) in [6, 6.07) is 2.57. The second kappa shape index (κ2) is 8.94. The van der Waals surface area contributed by atoms with Gasteiger partial charge < -0.3 is 14.2 Å². The van der Waals surface area contributed by atoms with Gasteiger partial charge in [0.2, 0.25) is 0 Å². The van der Waals surface area contributed by atoms with E-state index in [0.717, 1.165) is 44.3 Å². The smallest absolute Gasteiger partial charge is 0.276 e. The van der Waals surface area contributed by atoms with Gasteiger partial charge in [-0.25, -0.2) is 8.78 Å². The SMILES string of the molecule is Cc1onc(C(=O)N(C)CC2CC(Oc3cc(F)c(CN4CCCC4)c(F)c3)C2)c1C. The van der Waals surface area contributed by atoms with E-state index in [9.17, 15) is 13.6 Å². The summed E-state index contributed by atoms with van der Waals surface area (Å²) in [6.07, 6.45) is 3.51. The molecule has 0 unspecified atom stereocenters. The first-order valence-electron chi connectivity index (χ1n) is 10.9. The van der Waals surface area contributed by atoms with Gasteiger partial charge >= 0.3 is 0 Å². The Labute approximate surface area is 181 Å². The second-order valence-electron chi connectivity index (χ2n) is 8.82. The van der Waals surface area contributed by atoms with Crippen LogP contribution in [0.25, 0.3) is 0 Å². The number of benzene rings is 1. The summed E-state index contributed by atoms with van der Waals surface area (Å²) in [6.45, 7) is 6.23. The van der Waals surface area contributed by atoms with E-state index in [0.29, 0.717) is 24.5 Å². The van der Waals surface area contributed by atoms with Crippen LogP contribution in [0.5, 0.6) is 5.75 Å². The van der Waals surface area contributed by atoms with E-state index < -0.39 is 11.6 Å². The van der Waals surface area contributed by atoms with Gasteiger partial charge in [-0.1, -0.05) is 5.16 Å². The number of likely N-dealkylation sites (tertiary alicyclic amines) is 1. The van der Waals surface area contributed by atoms with E-state index in [-0.39, 0.29) is 29.2 Å². The molecular weight excluding hydrogens is 404 g/mol. The minimum absolute atomic E-state index is 0.104. The van der Waals surface area contributed by atoms with Gasteiger partial charge in [0.25, 0.3) is 5.91 Å². The molecule has 0 atom stereocenters. The number of hydrogen-bond donors (Lipinski definition) is 0. The molecule has 1 saturated heterocycles. The lowest BCUT2D eigenvalue weighted by Crippen LogP contribution is -2.42. The van der Waals surface area contributed by atoms with Gasteiger partial charge in [-0.15, -0.1) is 0 Å². The van der Waals surface area contributed by atoms with E-state index >= 15 is 0 Å². The highest BCUT2D eigenvalue weighted by Crippen LogP contribution is 2.33. The van der Waals surface area contributed by atoms with Crippen LogP contribution >= 0.6 is 0 Å². The molecule has 1 aromatic heterocycles. The standard InChI is InChI=1S/C23H29F2N3O3/c1-14-15(2)31-26-22(14)23(29)27(3)12-16-8-17(9-16)30-18-10-20(24)19(21(25)11-18)13-28-6-4-5-7-28/h10-11,16-17H,4-9,12-13H2,1-3H3. The van der Waals surface area contributed by atoms with Crippen molar-refractivity contribution < 1.29 is 22.8 Å². The first-order chi connectivity index (χ1) is 14.8. The Morgan fingerprint density at radius 3 is 2.45 bits per heavy atom. The van der Waals surface area contributed by atoms with Crippen molar-refractivity contribution in [3.8, 4) is 5.75 Å². The van der Waals surface area contributed by atoms with Gasteiger partial charge in [-0.3, -0.25) is 9.69 Å². The van der Waals surface area contributed by atoms with Crippen LogP contribution in [0.15, 0.2) is 16.7 Å². The van der Waals surface area contributed by atoms with Crippen LogP contribution in [0.3, 0.4) is 0 Å². The molecule has 1 saturated carbocycles. The molecule has 1 amide bonds. The van der Waals surface area contributed by atoms with Gasteiger partial charge in [0.15, 0.2) is 5.69 Å². The van der Waals surface area contributed by atoms with Crippen molar-refractivity contribution in [2.75, 3.05) is 26.7 Å². The Kier molecular flexibility index (Phi) is 6.27. The molecule has 0 radical (unpaired) electrons. The number of aryl methyl sites for hydroxylation is 1. The lowest BCUT2D eigenvalue weighted by Gasteiger charge is -2.37. The number of halogens is 2. The molecule has 0 spiro atoms. The Morgan fingerprint density at radius 1 is 1.23 bits per heavy atom. The quantitative estimate of drug-likeness (QED) is 0.658. The van der Waals surface area contributed by atoms with Gasteiger partial charge in [-0.05, 0) is 58.5 Å². The summed E-state index contributed by atoms with van der Waals surface area (Å²) in [5.41, 5.74) is 1.20. The van der Waals surface area contributed by atoms with Crippen molar-refractivity contribution >= 4 is 5.91 Å². The number of hydrogen-bond acceptors (Lipinski definition) is 5. The first-order valence-corrected chi connectivity index (χ1v) is 10.9. The fourth-order valence-corrected chi connectivity index (χ4v) is 4.34. The maximum atomic E-state index is 14.5. The molecule has 1 aromatic carbocycles. The van der Waals surface area contributed by atoms with Crippen LogP contribution in [0.4, 0.5) is 8.78 Å². The van der Waals surface area contributed by atoms with Gasteiger partial charge in [0.1, 0.15) is 23.1 Å². The van der Waals surface area contributed by atoms with Gasteiger partial charge in [0, 0.05) is 43.4 Å². The van der Waals surface area contributed by atoms with Crippen molar-refractivity contribution in [1.29, 1.82) is 0 Å². The van der Waals surface area contributed by atoms with Crippen molar-refractivity contribution in [3.63, 3.8) is 0 Å². The van der Waals surface area contributed by atoms with E-state index in [2.05, 4.69) is 10.1 Å². The first kappa shape index (κ1) is 21.7. The molecule has 6 nitrogen and oxygen atoms in total. The number of carbonyl (C=O) groups excluding carboxylic acids is 1. The number of ether oxygens (including phenoxy) is 1. The molecule has 2 heterocycles. The summed E-state index contributed by atoms with van der Waals surface area (Å²) >= 11 is 0. The number of rotatable bonds is 7. The largest absolute Gasteiger partial charge is 0.490 e. The van der Waals surface area contributed by atoms with Crippen molar-refractivity contribution in [2.24, 2.45) is 5.92 Å². The topological polar surface area (TPSA) is 58.8 Å². The molecule has 8 heteroatoms. The summed E-state index contributed by atoms with van der Waals surface area (Å²) in [5.74, 6) is -0.142. The molecule has 31 heavy (non-hydrogen) atoms. The van der Waals surface area contributed by atoms with Crippen LogP contribution < -0.4 is 4.74 Å². The number of aromatic nitrogens is 1. The highest BCUT2D eigenvalue weighted by atomic mass is 19.1. The Bertz CT molecular complexity index is 927. The molecular formula is C23H29F2N3O3. The third-order valence-corrected chi connectivity index (χ3v) is 6.43. The fourth-order valence-electron chi connectivity index (χ4n) is 4.34. The highest BCUT2D eigenvalue weighted by molar-refractivity contribution is 5.93. The molecule has 2 fully saturated rings. The molecule has 1 aliphatic carbocycles. The zero-order valence-corrected chi connectivity index (χ0v) is 18.3. The minimum Gasteiger partial charge on any atom is -0.490 e. The molecule has 0 N–H and O–H groups in total. The minimum atomic E-state index is -0.554. The van der Waals surface area contributed by atoms with Crippen LogP contribution in [0.1, 0.15) is 53.1 Å². The van der Waals surface area contributed by atoms with E-state index in [1.807, 2.05) is 6.92 Å². The van der Waals surface area contributed by atoms with Crippen LogP contribution in [-0.2, 0) is 6.54 Å². The number of carbonyl (C=O) groups is 1. The lowest BCUT2D eigenvalue weighted by atomic mass is 9.82. The molecule has 168 valence electrons. The zero-order chi connectivity index (χ0) is 22.1.